The molecule has 0 bridgehead atoms. The van der Waals surface area contributed by atoms with Crippen LogP contribution in [0.25, 0.3) is 10.9 Å². The van der Waals surface area contributed by atoms with E-state index in [0.29, 0.717) is 12.0 Å². The Labute approximate surface area is 190 Å². The molecule has 1 aromatic heterocycles. The number of hydrogen-bond donors (Lipinski definition) is 1. The van der Waals surface area contributed by atoms with Gasteiger partial charge in [-0.2, -0.15) is 0 Å². The van der Waals surface area contributed by atoms with Crippen LogP contribution in [0, 0.1) is 5.92 Å². The number of rotatable bonds is 10. The Morgan fingerprint density at radius 3 is 2.56 bits per heavy atom. The third kappa shape index (κ3) is 4.95. The second-order valence-corrected chi connectivity index (χ2v) is 9.17. The molecule has 1 aliphatic carbocycles. The molecule has 4 nitrogen and oxygen atoms in total. The molecule has 0 unspecified atom stereocenters. The van der Waals surface area contributed by atoms with Gasteiger partial charge in [-0.1, -0.05) is 55.3 Å². The number of ketones is 1. The van der Waals surface area contributed by atoms with Crippen LogP contribution in [0.2, 0.25) is 0 Å². The second-order valence-electron chi connectivity index (χ2n) is 9.17. The third-order valence-electron chi connectivity index (χ3n) is 6.99. The Hall–Kier alpha value is -2.88. The Kier molecular flexibility index (Phi) is 7.09. The van der Waals surface area contributed by atoms with E-state index in [1.54, 1.807) is 0 Å². The summed E-state index contributed by atoms with van der Waals surface area (Å²) in [6.07, 6.45) is 9.12. The number of benzene rings is 2. The molecule has 32 heavy (non-hydrogen) atoms. The van der Waals surface area contributed by atoms with Gasteiger partial charge in [-0.15, -0.1) is 0 Å². The van der Waals surface area contributed by atoms with Crippen molar-refractivity contribution in [3.8, 4) is 0 Å². The maximum Gasteiger partial charge on any atom is 0.306 e. The molecular formula is C28H33NO3. The first-order valence-corrected chi connectivity index (χ1v) is 11.9. The molecule has 0 spiro atoms. The summed E-state index contributed by atoms with van der Waals surface area (Å²) in [6, 6.07) is 16.3. The fraction of sp³-hybridized carbons (Fsp3) is 0.429. The highest BCUT2D eigenvalue weighted by atomic mass is 16.4. The van der Waals surface area contributed by atoms with Crippen molar-refractivity contribution in [3.63, 3.8) is 0 Å². The van der Waals surface area contributed by atoms with Crippen molar-refractivity contribution in [2.24, 2.45) is 13.0 Å². The van der Waals surface area contributed by atoms with Crippen LogP contribution in [0.15, 0.2) is 48.5 Å². The number of nitrogens with zero attached hydrogens (tertiary/aromatic N) is 1. The van der Waals surface area contributed by atoms with Crippen molar-refractivity contribution in [1.82, 2.24) is 4.57 Å². The minimum atomic E-state index is -0.864. The van der Waals surface area contributed by atoms with Gasteiger partial charge in [0.2, 0.25) is 0 Å². The van der Waals surface area contributed by atoms with E-state index in [9.17, 15) is 14.7 Å². The molecule has 1 N–H and O–H groups in total. The van der Waals surface area contributed by atoms with Crippen LogP contribution in [0.4, 0.5) is 0 Å². The van der Waals surface area contributed by atoms with Crippen molar-refractivity contribution in [3.05, 3.63) is 70.9 Å². The summed E-state index contributed by atoms with van der Waals surface area (Å²) in [5.74, 6) is -1.55. The Morgan fingerprint density at radius 1 is 1.00 bits per heavy atom. The lowest BCUT2D eigenvalue weighted by atomic mass is 9.92. The number of Topliss-reactive ketones (excluding diaryl/α,β-unsaturated/α-hetero) is 1. The SMILES string of the molecule is Cn1c2c(c3ccc(C(=O)C[C@H](CCCCCc4ccccc4)C(=O)O)cc31)CCCC2. The lowest BCUT2D eigenvalue weighted by Gasteiger charge is -2.12. The van der Waals surface area contributed by atoms with Gasteiger partial charge in [0.1, 0.15) is 0 Å². The van der Waals surface area contributed by atoms with E-state index >= 15 is 0 Å². The van der Waals surface area contributed by atoms with Gasteiger partial charge in [0.15, 0.2) is 5.78 Å². The first-order chi connectivity index (χ1) is 15.5. The maximum absolute atomic E-state index is 13.0. The van der Waals surface area contributed by atoms with Gasteiger partial charge in [0.05, 0.1) is 5.92 Å². The normalized spacial score (nSPS) is 14.3. The van der Waals surface area contributed by atoms with Crippen LogP contribution in [0.3, 0.4) is 0 Å². The molecule has 0 radical (unpaired) electrons. The zero-order valence-electron chi connectivity index (χ0n) is 19.0. The first-order valence-electron chi connectivity index (χ1n) is 11.9. The second kappa shape index (κ2) is 10.2. The summed E-state index contributed by atoms with van der Waals surface area (Å²) in [6.45, 7) is 0. The number of fused-ring (bicyclic) bond motifs is 3. The van der Waals surface area contributed by atoms with Crippen LogP contribution in [0.1, 0.15) is 72.1 Å². The molecule has 4 heteroatoms. The number of carbonyl (C=O) groups excluding carboxylic acids is 1. The highest BCUT2D eigenvalue weighted by Gasteiger charge is 2.23. The van der Waals surface area contributed by atoms with E-state index in [1.807, 2.05) is 30.3 Å². The number of carboxylic acid groups (broad SMARTS) is 1. The van der Waals surface area contributed by atoms with Gasteiger partial charge < -0.3 is 9.67 Å². The first kappa shape index (κ1) is 22.3. The summed E-state index contributed by atoms with van der Waals surface area (Å²) >= 11 is 0. The molecule has 3 aromatic rings. The lowest BCUT2D eigenvalue weighted by molar-refractivity contribution is -0.141. The zero-order chi connectivity index (χ0) is 22.5. The van der Waals surface area contributed by atoms with E-state index in [2.05, 4.69) is 29.8 Å². The molecule has 1 aliphatic rings. The van der Waals surface area contributed by atoms with E-state index < -0.39 is 11.9 Å². The Bertz CT molecular complexity index is 1100. The predicted octanol–water partition coefficient (Wildman–Crippen LogP) is 6.13. The van der Waals surface area contributed by atoms with E-state index in [-0.39, 0.29) is 12.2 Å². The van der Waals surface area contributed by atoms with Crippen molar-refractivity contribution in [2.75, 3.05) is 0 Å². The van der Waals surface area contributed by atoms with Gasteiger partial charge in [-0.25, -0.2) is 0 Å². The minimum Gasteiger partial charge on any atom is -0.481 e. The molecule has 4 rings (SSSR count). The highest BCUT2D eigenvalue weighted by molar-refractivity contribution is 6.01. The number of aryl methyl sites for hydroxylation is 3. The number of hydrogen-bond acceptors (Lipinski definition) is 2. The Morgan fingerprint density at radius 2 is 1.78 bits per heavy atom. The molecule has 0 amide bonds. The summed E-state index contributed by atoms with van der Waals surface area (Å²) < 4.78 is 2.22. The van der Waals surface area contributed by atoms with Crippen molar-refractivity contribution >= 4 is 22.7 Å². The number of aromatic nitrogens is 1. The van der Waals surface area contributed by atoms with Gasteiger partial charge in [-0.3, -0.25) is 9.59 Å². The largest absolute Gasteiger partial charge is 0.481 e. The highest BCUT2D eigenvalue weighted by Crippen LogP contribution is 2.32. The van der Waals surface area contributed by atoms with E-state index in [1.165, 1.54) is 35.0 Å². The monoisotopic (exact) mass is 431 g/mol. The van der Waals surface area contributed by atoms with Crippen molar-refractivity contribution in [2.45, 2.75) is 64.2 Å². The molecule has 2 aromatic carbocycles. The number of aliphatic carboxylic acids is 1. The predicted molar refractivity (Wildman–Crippen MR) is 128 cm³/mol. The van der Waals surface area contributed by atoms with Crippen LogP contribution in [0.5, 0.6) is 0 Å². The molecule has 168 valence electrons. The Balaban J connectivity index is 1.35. The zero-order valence-corrected chi connectivity index (χ0v) is 19.0. The summed E-state index contributed by atoms with van der Waals surface area (Å²) in [5.41, 5.74) is 5.85. The molecule has 0 saturated heterocycles. The van der Waals surface area contributed by atoms with Crippen molar-refractivity contribution in [1.29, 1.82) is 0 Å². The smallest absolute Gasteiger partial charge is 0.306 e. The van der Waals surface area contributed by atoms with Gasteiger partial charge in [0.25, 0.3) is 0 Å². The van der Waals surface area contributed by atoms with Crippen molar-refractivity contribution < 1.29 is 14.7 Å². The lowest BCUT2D eigenvalue weighted by Crippen LogP contribution is -2.18. The molecule has 0 fully saturated rings. The van der Waals surface area contributed by atoms with E-state index in [4.69, 9.17) is 0 Å². The van der Waals surface area contributed by atoms with Gasteiger partial charge in [-0.05, 0) is 62.1 Å². The number of carboxylic acids is 1. The minimum absolute atomic E-state index is 0.0669. The fourth-order valence-electron chi connectivity index (χ4n) is 5.13. The fourth-order valence-corrected chi connectivity index (χ4v) is 5.13. The molecular weight excluding hydrogens is 398 g/mol. The molecule has 0 saturated carbocycles. The van der Waals surface area contributed by atoms with Crippen LogP contribution < -0.4 is 0 Å². The summed E-state index contributed by atoms with van der Waals surface area (Å²) in [4.78, 5) is 24.8. The van der Waals surface area contributed by atoms with E-state index in [0.717, 1.165) is 44.0 Å². The average molecular weight is 432 g/mol. The quantitative estimate of drug-likeness (QED) is 0.310. The molecule has 0 aliphatic heterocycles. The molecule has 1 atom stereocenters. The number of carbonyl (C=O) groups is 2. The summed E-state index contributed by atoms with van der Waals surface area (Å²) in [7, 11) is 2.08. The topological polar surface area (TPSA) is 59.3 Å². The number of unbranched alkanes of at least 4 members (excludes halogenated alkanes) is 2. The van der Waals surface area contributed by atoms with Crippen LogP contribution >= 0.6 is 0 Å². The molecule has 1 heterocycles. The van der Waals surface area contributed by atoms with Crippen LogP contribution in [-0.2, 0) is 31.1 Å². The maximum atomic E-state index is 13.0. The van der Waals surface area contributed by atoms with Crippen LogP contribution in [-0.4, -0.2) is 21.4 Å². The summed E-state index contributed by atoms with van der Waals surface area (Å²) in [5, 5.41) is 10.9. The average Bonchev–Trinajstić information content (AvgIpc) is 3.10. The van der Waals surface area contributed by atoms with Gasteiger partial charge in [0, 0.05) is 35.6 Å². The standard InChI is InChI=1S/C28H33NO3/c1-29-25-15-9-8-14-23(25)24-17-16-21(18-26(24)29)27(30)19-22(28(31)32)13-7-3-6-12-20-10-4-2-5-11-20/h2,4-5,10-11,16-18,22H,3,6-9,12-15,19H2,1H3,(H,31,32)/t22-/m0/s1. The third-order valence-corrected chi connectivity index (χ3v) is 6.99. The van der Waals surface area contributed by atoms with Gasteiger partial charge >= 0.3 is 5.97 Å².